The Morgan fingerprint density at radius 2 is 1.94 bits per heavy atom. The standard InChI is InChI=1S/C14H22N2/c1-2-3-7-11-16(12-10-15)13-14-8-5-4-6-9-14/h2,4-6,8-9H,1,3,7,10-13,15H2. The summed E-state index contributed by atoms with van der Waals surface area (Å²) >= 11 is 0. The Balaban J connectivity index is 2.40. The third-order valence-corrected chi connectivity index (χ3v) is 2.58. The Morgan fingerprint density at radius 1 is 1.19 bits per heavy atom. The van der Waals surface area contributed by atoms with Crippen molar-refractivity contribution in [3.63, 3.8) is 0 Å². The molecule has 0 aliphatic carbocycles. The van der Waals surface area contributed by atoms with E-state index in [0.29, 0.717) is 0 Å². The van der Waals surface area contributed by atoms with E-state index in [1.165, 1.54) is 5.56 Å². The summed E-state index contributed by atoms with van der Waals surface area (Å²) in [4.78, 5) is 2.40. The number of benzene rings is 1. The van der Waals surface area contributed by atoms with Crippen LogP contribution in [0.5, 0.6) is 0 Å². The molecule has 0 aliphatic heterocycles. The number of unbranched alkanes of at least 4 members (excludes halogenated alkanes) is 1. The van der Waals surface area contributed by atoms with Crippen LogP contribution >= 0.6 is 0 Å². The largest absolute Gasteiger partial charge is 0.329 e. The Labute approximate surface area is 98.8 Å². The summed E-state index contributed by atoms with van der Waals surface area (Å²) in [5.41, 5.74) is 6.98. The number of nitrogens with zero attached hydrogens (tertiary/aromatic N) is 1. The molecule has 0 fully saturated rings. The molecule has 1 aromatic rings. The molecule has 0 amide bonds. The minimum atomic E-state index is 0.723. The predicted molar refractivity (Wildman–Crippen MR) is 70.2 cm³/mol. The molecule has 0 radical (unpaired) electrons. The molecule has 0 saturated carbocycles. The van der Waals surface area contributed by atoms with Crippen LogP contribution in [0.3, 0.4) is 0 Å². The fourth-order valence-corrected chi connectivity index (χ4v) is 1.75. The molecule has 0 saturated heterocycles. The minimum Gasteiger partial charge on any atom is -0.329 e. The number of hydrogen-bond acceptors (Lipinski definition) is 2. The van der Waals surface area contributed by atoms with Crippen molar-refractivity contribution in [1.82, 2.24) is 4.90 Å². The number of nitrogens with two attached hydrogens (primary N) is 1. The molecule has 2 N–H and O–H groups in total. The van der Waals surface area contributed by atoms with E-state index < -0.39 is 0 Å². The molecule has 1 aromatic carbocycles. The van der Waals surface area contributed by atoms with Crippen molar-refractivity contribution in [3.05, 3.63) is 48.6 Å². The number of hydrogen-bond donors (Lipinski definition) is 1. The molecule has 2 heteroatoms. The van der Waals surface area contributed by atoms with Gasteiger partial charge in [0.1, 0.15) is 0 Å². The SMILES string of the molecule is C=CCCCN(CCN)Cc1ccccc1. The highest BCUT2D eigenvalue weighted by Gasteiger charge is 2.03. The normalized spacial score (nSPS) is 10.6. The third kappa shape index (κ3) is 5.10. The summed E-state index contributed by atoms with van der Waals surface area (Å²) < 4.78 is 0. The zero-order valence-corrected chi connectivity index (χ0v) is 9.94. The van der Waals surface area contributed by atoms with Gasteiger partial charge in [-0.25, -0.2) is 0 Å². The highest BCUT2D eigenvalue weighted by Crippen LogP contribution is 2.05. The Bertz CT molecular complexity index is 282. The van der Waals surface area contributed by atoms with Gasteiger partial charge >= 0.3 is 0 Å². The van der Waals surface area contributed by atoms with Crippen LogP contribution in [-0.2, 0) is 6.54 Å². The predicted octanol–water partition coefficient (Wildman–Crippen LogP) is 2.41. The van der Waals surface area contributed by atoms with Crippen LogP contribution in [0.4, 0.5) is 0 Å². The monoisotopic (exact) mass is 218 g/mol. The van der Waals surface area contributed by atoms with Crippen molar-refractivity contribution < 1.29 is 0 Å². The van der Waals surface area contributed by atoms with Gasteiger partial charge in [0.05, 0.1) is 0 Å². The summed E-state index contributed by atoms with van der Waals surface area (Å²) in [5, 5.41) is 0. The fraction of sp³-hybridized carbons (Fsp3) is 0.429. The van der Waals surface area contributed by atoms with E-state index in [2.05, 4.69) is 41.8 Å². The minimum absolute atomic E-state index is 0.723. The fourth-order valence-electron chi connectivity index (χ4n) is 1.75. The van der Waals surface area contributed by atoms with Gasteiger partial charge in [0.15, 0.2) is 0 Å². The van der Waals surface area contributed by atoms with Crippen LogP contribution < -0.4 is 5.73 Å². The van der Waals surface area contributed by atoms with Crippen LogP contribution in [0.25, 0.3) is 0 Å². The van der Waals surface area contributed by atoms with E-state index in [9.17, 15) is 0 Å². The first-order valence-corrected chi connectivity index (χ1v) is 5.94. The topological polar surface area (TPSA) is 29.3 Å². The maximum absolute atomic E-state index is 5.63. The summed E-state index contributed by atoms with van der Waals surface area (Å²) in [5.74, 6) is 0. The zero-order valence-electron chi connectivity index (χ0n) is 9.94. The second-order valence-electron chi connectivity index (χ2n) is 3.98. The van der Waals surface area contributed by atoms with E-state index >= 15 is 0 Å². The molecule has 0 bridgehead atoms. The van der Waals surface area contributed by atoms with Crippen molar-refractivity contribution in [2.45, 2.75) is 19.4 Å². The van der Waals surface area contributed by atoms with Crippen LogP contribution in [0, 0.1) is 0 Å². The molecular formula is C14H22N2. The molecule has 1 rings (SSSR count). The molecule has 0 atom stereocenters. The molecule has 0 aromatic heterocycles. The Hall–Kier alpha value is -1.12. The van der Waals surface area contributed by atoms with Gasteiger partial charge in [0.2, 0.25) is 0 Å². The number of allylic oxidation sites excluding steroid dienone is 1. The molecule has 16 heavy (non-hydrogen) atoms. The van der Waals surface area contributed by atoms with E-state index in [1.807, 2.05) is 6.08 Å². The van der Waals surface area contributed by atoms with Crippen molar-refractivity contribution in [3.8, 4) is 0 Å². The highest BCUT2D eigenvalue weighted by atomic mass is 15.1. The van der Waals surface area contributed by atoms with Crippen molar-refractivity contribution in [1.29, 1.82) is 0 Å². The maximum atomic E-state index is 5.63. The second-order valence-corrected chi connectivity index (χ2v) is 3.98. The van der Waals surface area contributed by atoms with E-state index in [4.69, 9.17) is 5.73 Å². The van der Waals surface area contributed by atoms with Gasteiger partial charge in [-0.1, -0.05) is 36.4 Å². The Kier molecular flexibility index (Phi) is 6.54. The zero-order chi connectivity index (χ0) is 11.6. The molecule has 2 nitrogen and oxygen atoms in total. The highest BCUT2D eigenvalue weighted by molar-refractivity contribution is 5.14. The van der Waals surface area contributed by atoms with Gasteiger partial charge < -0.3 is 5.73 Å². The average molecular weight is 218 g/mol. The van der Waals surface area contributed by atoms with Gasteiger partial charge in [-0.15, -0.1) is 6.58 Å². The van der Waals surface area contributed by atoms with Crippen LogP contribution in [-0.4, -0.2) is 24.5 Å². The molecule has 0 aliphatic rings. The third-order valence-electron chi connectivity index (χ3n) is 2.58. The van der Waals surface area contributed by atoms with Gasteiger partial charge in [-0.2, -0.15) is 0 Å². The van der Waals surface area contributed by atoms with E-state index in [1.54, 1.807) is 0 Å². The lowest BCUT2D eigenvalue weighted by Gasteiger charge is -2.21. The molecular weight excluding hydrogens is 196 g/mol. The quantitative estimate of drug-likeness (QED) is 0.536. The van der Waals surface area contributed by atoms with Gasteiger partial charge in [0, 0.05) is 19.6 Å². The molecule has 88 valence electrons. The van der Waals surface area contributed by atoms with Crippen molar-refractivity contribution in [2.75, 3.05) is 19.6 Å². The van der Waals surface area contributed by atoms with Crippen molar-refractivity contribution in [2.24, 2.45) is 5.73 Å². The summed E-state index contributed by atoms with van der Waals surface area (Å²) in [6.07, 6.45) is 4.22. The summed E-state index contributed by atoms with van der Waals surface area (Å²) in [7, 11) is 0. The smallest absolute Gasteiger partial charge is 0.0234 e. The van der Waals surface area contributed by atoms with E-state index in [0.717, 1.165) is 39.0 Å². The van der Waals surface area contributed by atoms with E-state index in [-0.39, 0.29) is 0 Å². The lowest BCUT2D eigenvalue weighted by Crippen LogP contribution is -2.30. The first kappa shape index (κ1) is 12.9. The van der Waals surface area contributed by atoms with Crippen LogP contribution in [0.15, 0.2) is 43.0 Å². The van der Waals surface area contributed by atoms with Crippen LogP contribution in [0.1, 0.15) is 18.4 Å². The second kappa shape index (κ2) is 8.08. The van der Waals surface area contributed by atoms with Crippen LogP contribution in [0.2, 0.25) is 0 Å². The first-order chi connectivity index (χ1) is 7.86. The van der Waals surface area contributed by atoms with Crippen molar-refractivity contribution >= 4 is 0 Å². The first-order valence-electron chi connectivity index (χ1n) is 5.94. The molecule has 0 spiro atoms. The number of rotatable bonds is 8. The lowest BCUT2D eigenvalue weighted by molar-refractivity contribution is 0.270. The van der Waals surface area contributed by atoms with Gasteiger partial charge in [-0.05, 0) is 24.9 Å². The maximum Gasteiger partial charge on any atom is 0.0234 e. The lowest BCUT2D eigenvalue weighted by atomic mass is 10.2. The van der Waals surface area contributed by atoms with Gasteiger partial charge in [-0.3, -0.25) is 4.90 Å². The Morgan fingerprint density at radius 3 is 2.56 bits per heavy atom. The molecule has 0 unspecified atom stereocenters. The average Bonchev–Trinajstić information content (AvgIpc) is 2.31. The summed E-state index contributed by atoms with van der Waals surface area (Å²) in [6, 6.07) is 10.5. The van der Waals surface area contributed by atoms with Gasteiger partial charge in [0.25, 0.3) is 0 Å². The molecule has 0 heterocycles. The summed E-state index contributed by atoms with van der Waals surface area (Å²) in [6.45, 7) is 7.52.